The maximum absolute atomic E-state index is 12.7. The number of unbranched alkanes of at least 4 members (excludes halogenated alkanes) is 8. The van der Waals surface area contributed by atoms with Gasteiger partial charge in [0.05, 0.1) is 64.9 Å². The molecule has 0 heterocycles. The van der Waals surface area contributed by atoms with Crippen LogP contribution in [0.3, 0.4) is 0 Å². The lowest BCUT2D eigenvalue weighted by atomic mass is 10.1. The van der Waals surface area contributed by atoms with E-state index >= 15 is 0 Å². The topological polar surface area (TPSA) is 299 Å². The molecule has 0 aliphatic heterocycles. The maximum atomic E-state index is 12.7. The second kappa shape index (κ2) is 47.9. The molecule has 6 atom stereocenters. The average Bonchev–Trinajstić information content (AvgIpc) is 3.37. The second-order valence-electron chi connectivity index (χ2n) is 18.2. The SMILES string of the molecule is C/C=C\CCCCCC(=O)NC(COCC[C@@H](C)OC(=O)CCC/C=C\C)COP(=O)(O)OCCNC(=O)CC(=O)NCCOP(=O)(O)OCC(COCC[C@@H](C)OC(=O)CCC/C=C\C)NC(=O)CCCCC/C=C\C. The van der Waals surface area contributed by atoms with Crippen LogP contribution in [0.2, 0.25) is 0 Å². The molecule has 0 fully saturated rings. The minimum absolute atomic E-state index is 0.0779. The smallest absolute Gasteiger partial charge is 0.463 e. The Morgan fingerprint density at radius 2 is 0.818 bits per heavy atom. The summed E-state index contributed by atoms with van der Waals surface area (Å²) in [5.74, 6) is -2.73. The first-order valence-electron chi connectivity index (χ1n) is 27.2. The Morgan fingerprint density at radius 1 is 0.455 bits per heavy atom. The third-order valence-corrected chi connectivity index (χ3v) is 12.9. The van der Waals surface area contributed by atoms with E-state index in [1.807, 2.05) is 64.2 Å². The molecule has 444 valence electrons. The molecule has 0 rings (SSSR count). The molecule has 0 aromatic carbocycles. The predicted molar refractivity (Wildman–Crippen MR) is 293 cm³/mol. The number of esters is 2. The lowest BCUT2D eigenvalue weighted by Gasteiger charge is -2.21. The Hall–Kier alpha value is -4.08. The fraction of sp³-hybridized carbons (Fsp3) is 0.736. The highest BCUT2D eigenvalue weighted by Crippen LogP contribution is 2.43. The van der Waals surface area contributed by atoms with E-state index in [4.69, 9.17) is 37.0 Å². The molecule has 24 heteroatoms. The number of ether oxygens (including phenoxy) is 4. The van der Waals surface area contributed by atoms with Gasteiger partial charge < -0.3 is 50.0 Å². The van der Waals surface area contributed by atoms with Gasteiger partial charge in [-0.15, -0.1) is 0 Å². The van der Waals surface area contributed by atoms with E-state index in [1.54, 1.807) is 13.8 Å². The summed E-state index contributed by atoms with van der Waals surface area (Å²) in [7, 11) is -9.38. The molecular formula is C53H94N4O18P2. The van der Waals surface area contributed by atoms with Crippen molar-refractivity contribution < 1.29 is 84.7 Å². The fourth-order valence-corrected chi connectivity index (χ4v) is 8.29. The third kappa shape index (κ3) is 47.6. The first-order valence-corrected chi connectivity index (χ1v) is 30.2. The van der Waals surface area contributed by atoms with Gasteiger partial charge in [-0.2, -0.15) is 0 Å². The van der Waals surface area contributed by atoms with Crippen molar-refractivity contribution in [3.05, 3.63) is 48.6 Å². The predicted octanol–water partition coefficient (Wildman–Crippen LogP) is 8.07. The fourth-order valence-electron chi connectivity index (χ4n) is 6.76. The van der Waals surface area contributed by atoms with Gasteiger partial charge in [-0.25, -0.2) is 9.13 Å². The van der Waals surface area contributed by atoms with Crippen LogP contribution in [0.4, 0.5) is 0 Å². The van der Waals surface area contributed by atoms with Crippen LogP contribution in [-0.2, 0) is 74.9 Å². The van der Waals surface area contributed by atoms with E-state index in [1.165, 1.54) is 0 Å². The Balaban J connectivity index is 4.93. The van der Waals surface area contributed by atoms with Crippen LogP contribution in [0.1, 0.15) is 164 Å². The summed E-state index contributed by atoms with van der Waals surface area (Å²) in [5.41, 5.74) is 0. The van der Waals surface area contributed by atoms with Gasteiger partial charge in [0.25, 0.3) is 0 Å². The van der Waals surface area contributed by atoms with Gasteiger partial charge >= 0.3 is 27.6 Å². The largest absolute Gasteiger partial charge is 0.472 e. The molecule has 4 amide bonds. The Labute approximate surface area is 458 Å². The van der Waals surface area contributed by atoms with Crippen molar-refractivity contribution in [3.63, 3.8) is 0 Å². The highest BCUT2D eigenvalue weighted by molar-refractivity contribution is 7.47. The summed E-state index contributed by atoms with van der Waals surface area (Å²) < 4.78 is 68.0. The molecular weight excluding hydrogens is 1040 g/mol. The van der Waals surface area contributed by atoms with Crippen LogP contribution in [0, 0.1) is 0 Å². The summed E-state index contributed by atoms with van der Waals surface area (Å²) in [4.78, 5) is 95.2. The lowest BCUT2D eigenvalue weighted by Crippen LogP contribution is -2.41. The van der Waals surface area contributed by atoms with Crippen LogP contribution in [0.5, 0.6) is 0 Å². The number of carbonyl (C=O) groups excluding carboxylic acids is 6. The molecule has 0 spiro atoms. The summed E-state index contributed by atoms with van der Waals surface area (Å²) in [6, 6.07) is -1.66. The minimum Gasteiger partial charge on any atom is -0.463 e. The molecule has 4 unspecified atom stereocenters. The minimum atomic E-state index is -4.69. The zero-order chi connectivity index (χ0) is 57.4. The first-order chi connectivity index (χ1) is 36.8. The lowest BCUT2D eigenvalue weighted by molar-refractivity contribution is -0.150. The molecule has 6 N–H and O–H groups in total. The standard InChI is InChI=1S/C53H94N4O18P2/c1-7-11-15-19-21-23-27-48(58)56-46(40-68-35-31-44(5)74-52(62)29-25-17-13-9-3)42-72-76(64,65)70-37-33-54-50(60)39-51(61)55-34-38-71-77(66,67)73-43-47(57-49(59)28-24-22-20-16-12-8-2)41-69-36-32-45(6)75-53(63)30-26-18-14-10-4/h7-14,44-47H,15-43H2,1-6H3,(H,54,60)(H,55,61)(H,56,58)(H,57,59)(H,64,65)(H,66,67)/b11-7-,12-8-,13-9-,14-10-/t44-,45-,46?,47?/m1/s1. The number of hydrogen-bond acceptors (Lipinski definition) is 16. The van der Waals surface area contributed by atoms with Gasteiger partial charge in [-0.1, -0.05) is 61.4 Å². The van der Waals surface area contributed by atoms with Crippen molar-refractivity contribution in [2.24, 2.45) is 0 Å². The van der Waals surface area contributed by atoms with Gasteiger partial charge in [-0.05, 0) is 106 Å². The molecule has 22 nitrogen and oxygen atoms in total. The summed E-state index contributed by atoms with van der Waals surface area (Å²) >= 11 is 0. The summed E-state index contributed by atoms with van der Waals surface area (Å²) in [6.07, 6.45) is 25.7. The van der Waals surface area contributed by atoms with Crippen LogP contribution < -0.4 is 21.3 Å². The molecule has 0 aliphatic carbocycles. The average molecular weight is 1140 g/mol. The van der Waals surface area contributed by atoms with Gasteiger partial charge in [0, 0.05) is 51.6 Å². The van der Waals surface area contributed by atoms with Crippen molar-refractivity contribution in [1.82, 2.24) is 21.3 Å². The maximum Gasteiger partial charge on any atom is 0.472 e. The number of phosphoric acid groups is 2. The van der Waals surface area contributed by atoms with Gasteiger partial charge in [0.15, 0.2) is 0 Å². The normalized spacial score (nSPS) is 15.0. The summed E-state index contributed by atoms with van der Waals surface area (Å²) in [5, 5.41) is 10.3. The zero-order valence-electron chi connectivity index (χ0n) is 46.8. The molecule has 0 saturated carbocycles. The Morgan fingerprint density at radius 3 is 1.18 bits per heavy atom. The van der Waals surface area contributed by atoms with Gasteiger partial charge in [0.1, 0.15) is 18.6 Å². The molecule has 0 saturated heterocycles. The number of allylic oxidation sites excluding steroid dienone is 8. The number of nitrogens with one attached hydrogen (secondary N) is 4. The highest BCUT2D eigenvalue weighted by atomic mass is 31.2. The van der Waals surface area contributed by atoms with Crippen LogP contribution in [0.25, 0.3) is 0 Å². The number of amides is 4. The summed E-state index contributed by atoms with van der Waals surface area (Å²) in [6.45, 7) is 8.98. The van der Waals surface area contributed by atoms with Crippen molar-refractivity contribution in [2.45, 2.75) is 188 Å². The van der Waals surface area contributed by atoms with Crippen molar-refractivity contribution in [3.8, 4) is 0 Å². The number of phosphoric ester groups is 2. The van der Waals surface area contributed by atoms with Crippen LogP contribution in [0.15, 0.2) is 48.6 Å². The van der Waals surface area contributed by atoms with Gasteiger partial charge in [-0.3, -0.25) is 46.9 Å². The van der Waals surface area contributed by atoms with E-state index < -0.39 is 84.6 Å². The molecule has 77 heavy (non-hydrogen) atoms. The molecule has 0 bridgehead atoms. The third-order valence-electron chi connectivity index (χ3n) is 10.9. The van der Waals surface area contributed by atoms with Crippen LogP contribution >= 0.6 is 15.6 Å². The van der Waals surface area contributed by atoms with Crippen molar-refractivity contribution in [1.29, 1.82) is 0 Å². The Kier molecular flexibility index (Phi) is 45.3. The van der Waals surface area contributed by atoms with E-state index in [9.17, 15) is 47.7 Å². The number of hydrogen-bond donors (Lipinski definition) is 6. The molecule has 0 radical (unpaired) electrons. The van der Waals surface area contributed by atoms with Crippen LogP contribution in [-0.4, -0.2) is 136 Å². The number of carbonyl (C=O) groups is 6. The van der Waals surface area contributed by atoms with E-state index in [-0.39, 0.29) is 76.1 Å². The first kappa shape index (κ1) is 72.9. The highest BCUT2D eigenvalue weighted by Gasteiger charge is 2.26. The molecule has 0 aromatic rings. The quantitative estimate of drug-likeness (QED) is 0.0110. The monoisotopic (exact) mass is 1140 g/mol. The van der Waals surface area contributed by atoms with E-state index in [2.05, 4.69) is 33.4 Å². The second-order valence-corrected chi connectivity index (χ2v) is 21.1. The van der Waals surface area contributed by atoms with E-state index in [0.717, 1.165) is 51.4 Å². The molecule has 0 aliphatic rings. The Bertz CT molecular complexity index is 1720. The van der Waals surface area contributed by atoms with Crippen molar-refractivity contribution in [2.75, 3.05) is 65.9 Å². The number of rotatable bonds is 50. The molecule has 0 aromatic heterocycles. The van der Waals surface area contributed by atoms with Crippen molar-refractivity contribution >= 4 is 51.2 Å². The van der Waals surface area contributed by atoms with Gasteiger partial charge in [0.2, 0.25) is 23.6 Å². The zero-order valence-corrected chi connectivity index (χ0v) is 48.5. The van der Waals surface area contributed by atoms with E-state index in [0.29, 0.717) is 51.4 Å².